The third-order valence-corrected chi connectivity index (χ3v) is 6.03. The van der Waals surface area contributed by atoms with Crippen LogP contribution in [0.1, 0.15) is 44.6 Å². The number of carbonyl (C=O) groups excluding carboxylic acids is 1. The van der Waals surface area contributed by atoms with Crippen molar-refractivity contribution in [3.05, 3.63) is 29.8 Å². The number of sulfonamides is 1. The summed E-state index contributed by atoms with van der Waals surface area (Å²) in [6, 6.07) is 6.92. The van der Waals surface area contributed by atoms with Gasteiger partial charge in [-0.25, -0.2) is 8.42 Å². The molecular weight excluding hydrogens is 312 g/mol. The highest BCUT2D eigenvalue weighted by molar-refractivity contribution is 7.89. The maximum Gasteiger partial charge on any atom is 0.243 e. The fourth-order valence-corrected chi connectivity index (χ4v) is 4.17. The van der Waals surface area contributed by atoms with Gasteiger partial charge in [-0.05, 0) is 43.4 Å². The monoisotopic (exact) mass is 338 g/mol. The fourth-order valence-electron chi connectivity index (χ4n) is 2.66. The molecule has 1 saturated heterocycles. The number of nitrogens with zero attached hydrogens (tertiary/aromatic N) is 1. The van der Waals surface area contributed by atoms with Crippen LogP contribution in [0.15, 0.2) is 29.2 Å². The number of benzene rings is 1. The first-order valence-corrected chi connectivity index (χ1v) is 9.84. The molecule has 5 nitrogen and oxygen atoms in total. The highest BCUT2D eigenvalue weighted by Gasteiger charge is 2.26. The largest absolute Gasteiger partial charge is 0.356 e. The number of hydrogen-bond donors (Lipinski definition) is 1. The minimum atomic E-state index is -3.35. The van der Waals surface area contributed by atoms with Crippen molar-refractivity contribution in [3.63, 3.8) is 0 Å². The Bertz CT molecular complexity index is 605. The molecule has 1 aliphatic heterocycles. The quantitative estimate of drug-likeness (QED) is 0.740. The van der Waals surface area contributed by atoms with Gasteiger partial charge in [0.1, 0.15) is 0 Å². The lowest BCUT2D eigenvalue weighted by molar-refractivity contribution is -0.121. The molecule has 0 aliphatic carbocycles. The molecule has 1 aromatic rings. The lowest BCUT2D eigenvalue weighted by atomic mass is 10.1. The molecule has 128 valence electrons. The van der Waals surface area contributed by atoms with Crippen molar-refractivity contribution < 1.29 is 13.2 Å². The molecule has 1 aliphatic rings. The van der Waals surface area contributed by atoms with Gasteiger partial charge in [-0.3, -0.25) is 4.79 Å². The molecule has 23 heavy (non-hydrogen) atoms. The van der Waals surface area contributed by atoms with Crippen LogP contribution in [0.2, 0.25) is 0 Å². The van der Waals surface area contributed by atoms with Crippen molar-refractivity contribution in [2.24, 2.45) is 0 Å². The molecule has 0 bridgehead atoms. The van der Waals surface area contributed by atoms with Gasteiger partial charge in [-0.1, -0.05) is 25.5 Å². The molecule has 0 saturated carbocycles. The second kappa shape index (κ2) is 8.45. The predicted molar refractivity (Wildman–Crippen MR) is 90.7 cm³/mol. The van der Waals surface area contributed by atoms with Gasteiger partial charge in [0.2, 0.25) is 15.9 Å². The summed E-state index contributed by atoms with van der Waals surface area (Å²) in [5.74, 6) is 0.0483. The summed E-state index contributed by atoms with van der Waals surface area (Å²) in [5, 5.41) is 2.89. The summed E-state index contributed by atoms with van der Waals surface area (Å²) in [4.78, 5) is 12.0. The average molecular weight is 338 g/mol. The number of aryl methyl sites for hydroxylation is 1. The van der Waals surface area contributed by atoms with Crippen molar-refractivity contribution >= 4 is 15.9 Å². The Morgan fingerprint density at radius 1 is 1.17 bits per heavy atom. The molecule has 1 N–H and O–H groups in total. The van der Waals surface area contributed by atoms with E-state index >= 15 is 0 Å². The number of rotatable bonds is 8. The Morgan fingerprint density at radius 3 is 2.43 bits per heavy atom. The fraction of sp³-hybridized carbons (Fsp3) is 0.588. The van der Waals surface area contributed by atoms with Gasteiger partial charge in [0, 0.05) is 26.1 Å². The molecule has 1 heterocycles. The van der Waals surface area contributed by atoms with Gasteiger partial charge in [0.25, 0.3) is 0 Å². The Labute approximate surface area is 139 Å². The smallest absolute Gasteiger partial charge is 0.243 e. The normalized spacial score (nSPS) is 15.7. The first-order valence-electron chi connectivity index (χ1n) is 8.40. The molecular formula is C17H26N2O3S. The molecule has 6 heteroatoms. The molecule has 0 unspecified atom stereocenters. The van der Waals surface area contributed by atoms with E-state index in [1.807, 2.05) is 12.1 Å². The van der Waals surface area contributed by atoms with Crippen molar-refractivity contribution in [2.45, 2.75) is 50.3 Å². The average Bonchev–Trinajstić information content (AvgIpc) is 3.09. The van der Waals surface area contributed by atoms with E-state index in [9.17, 15) is 13.2 Å². The Balaban J connectivity index is 1.88. The zero-order valence-electron chi connectivity index (χ0n) is 13.8. The zero-order chi connectivity index (χ0) is 16.7. The minimum absolute atomic E-state index is 0.0483. The van der Waals surface area contributed by atoms with E-state index in [0.717, 1.165) is 37.8 Å². The van der Waals surface area contributed by atoms with Crippen molar-refractivity contribution in [1.29, 1.82) is 0 Å². The van der Waals surface area contributed by atoms with Gasteiger partial charge in [0.15, 0.2) is 0 Å². The lowest BCUT2D eigenvalue weighted by Crippen LogP contribution is -2.27. The zero-order valence-corrected chi connectivity index (χ0v) is 14.6. The second-order valence-corrected chi connectivity index (χ2v) is 7.90. The van der Waals surface area contributed by atoms with Gasteiger partial charge < -0.3 is 5.32 Å². The van der Waals surface area contributed by atoms with Gasteiger partial charge in [-0.15, -0.1) is 0 Å². The predicted octanol–water partition coefficient (Wildman–Crippen LogP) is 2.32. The molecule has 0 atom stereocenters. The van der Waals surface area contributed by atoms with Gasteiger partial charge in [-0.2, -0.15) is 4.31 Å². The van der Waals surface area contributed by atoms with E-state index in [0.29, 0.717) is 30.8 Å². The molecule has 0 radical (unpaired) electrons. The molecule has 1 aromatic carbocycles. The number of unbranched alkanes of at least 4 members (excludes halogenated alkanes) is 1. The van der Waals surface area contributed by atoms with E-state index < -0.39 is 10.0 Å². The Kier molecular flexibility index (Phi) is 6.59. The van der Waals surface area contributed by atoms with Crippen molar-refractivity contribution in [3.8, 4) is 0 Å². The molecule has 0 aromatic heterocycles. The first kappa shape index (κ1) is 17.9. The molecule has 0 spiro atoms. The summed E-state index contributed by atoms with van der Waals surface area (Å²) >= 11 is 0. The summed E-state index contributed by atoms with van der Waals surface area (Å²) in [6.45, 7) is 4.04. The van der Waals surface area contributed by atoms with Crippen LogP contribution in [-0.2, 0) is 21.2 Å². The maximum absolute atomic E-state index is 12.4. The van der Waals surface area contributed by atoms with E-state index in [2.05, 4.69) is 12.2 Å². The van der Waals surface area contributed by atoms with Crippen LogP contribution in [0, 0.1) is 0 Å². The third kappa shape index (κ3) is 5.04. The number of hydrogen-bond acceptors (Lipinski definition) is 3. The molecule has 1 amide bonds. The topological polar surface area (TPSA) is 66.5 Å². The maximum atomic E-state index is 12.4. The van der Waals surface area contributed by atoms with Crippen LogP contribution < -0.4 is 5.32 Å². The second-order valence-electron chi connectivity index (χ2n) is 5.96. The first-order chi connectivity index (χ1) is 11.0. The van der Waals surface area contributed by atoms with Crippen molar-refractivity contribution in [2.75, 3.05) is 19.6 Å². The van der Waals surface area contributed by atoms with Gasteiger partial charge in [0.05, 0.1) is 4.90 Å². The van der Waals surface area contributed by atoms with Gasteiger partial charge >= 0.3 is 0 Å². The minimum Gasteiger partial charge on any atom is -0.356 e. The third-order valence-electron chi connectivity index (χ3n) is 4.12. The number of nitrogens with one attached hydrogen (secondary N) is 1. The van der Waals surface area contributed by atoms with Crippen LogP contribution in [0.25, 0.3) is 0 Å². The summed E-state index contributed by atoms with van der Waals surface area (Å²) in [5.41, 5.74) is 0.982. The van der Waals surface area contributed by atoms with E-state index in [1.54, 1.807) is 16.4 Å². The molecule has 1 fully saturated rings. The van der Waals surface area contributed by atoms with Crippen LogP contribution in [0.4, 0.5) is 0 Å². The Morgan fingerprint density at radius 2 is 1.83 bits per heavy atom. The SMILES string of the molecule is CCCCNC(=O)CCc1ccc(S(=O)(=O)N2CCCC2)cc1. The Hall–Kier alpha value is -1.40. The van der Waals surface area contributed by atoms with Crippen molar-refractivity contribution in [1.82, 2.24) is 9.62 Å². The summed E-state index contributed by atoms with van der Waals surface area (Å²) in [6.07, 6.45) is 4.99. The van der Waals surface area contributed by atoms with E-state index in [1.165, 1.54) is 0 Å². The molecule has 2 rings (SSSR count). The summed E-state index contributed by atoms with van der Waals surface area (Å²) in [7, 11) is -3.35. The standard InChI is InChI=1S/C17H26N2O3S/c1-2-3-12-18-17(20)11-8-15-6-9-16(10-7-15)23(21,22)19-13-4-5-14-19/h6-7,9-10H,2-5,8,11-14H2,1H3,(H,18,20). The van der Waals surface area contributed by atoms with Crippen LogP contribution in [0.3, 0.4) is 0 Å². The van der Waals surface area contributed by atoms with E-state index in [-0.39, 0.29) is 5.91 Å². The van der Waals surface area contributed by atoms with Crippen LogP contribution in [-0.4, -0.2) is 38.3 Å². The van der Waals surface area contributed by atoms with E-state index in [4.69, 9.17) is 0 Å². The highest BCUT2D eigenvalue weighted by Crippen LogP contribution is 2.21. The summed E-state index contributed by atoms with van der Waals surface area (Å²) < 4.78 is 26.4. The number of carbonyl (C=O) groups is 1. The van der Waals surface area contributed by atoms with Crippen LogP contribution >= 0.6 is 0 Å². The highest BCUT2D eigenvalue weighted by atomic mass is 32.2. The number of amides is 1. The van der Waals surface area contributed by atoms with Crippen LogP contribution in [0.5, 0.6) is 0 Å². The lowest BCUT2D eigenvalue weighted by Gasteiger charge is -2.15.